The molecule has 1 N–H and O–H groups in total. The number of anilines is 1. The highest BCUT2D eigenvalue weighted by Gasteiger charge is 2.14. The summed E-state index contributed by atoms with van der Waals surface area (Å²) in [5.74, 6) is -0.548. The van der Waals surface area contributed by atoms with Crippen LogP contribution in [-0.4, -0.2) is 25.6 Å². The van der Waals surface area contributed by atoms with Crippen LogP contribution >= 0.6 is 11.6 Å². The first-order valence-electron chi connectivity index (χ1n) is 8.53. The molecule has 0 spiro atoms. The van der Waals surface area contributed by atoms with E-state index in [-0.39, 0.29) is 12.2 Å². The molecule has 0 fully saturated rings. The molecule has 3 aromatic rings. The van der Waals surface area contributed by atoms with Gasteiger partial charge in [0.25, 0.3) is 5.91 Å². The van der Waals surface area contributed by atoms with E-state index < -0.39 is 11.9 Å². The summed E-state index contributed by atoms with van der Waals surface area (Å²) in [5.41, 5.74) is 2.61. The third kappa shape index (κ3) is 4.69. The molecule has 0 aliphatic carbocycles. The van der Waals surface area contributed by atoms with E-state index in [4.69, 9.17) is 21.1 Å². The van der Waals surface area contributed by atoms with Crippen LogP contribution < -0.4 is 10.1 Å². The third-order valence-electron chi connectivity index (χ3n) is 4.00. The molecule has 0 atom stereocenters. The maximum atomic E-state index is 12.2. The summed E-state index contributed by atoms with van der Waals surface area (Å²) in [6.07, 6.45) is 0. The molecular weight excluding hydrogens is 378 g/mol. The Hall–Kier alpha value is -3.31. The molecule has 5 nitrogen and oxygen atoms in total. The Morgan fingerprint density at radius 1 is 0.929 bits per heavy atom. The second-order valence-electron chi connectivity index (χ2n) is 5.89. The first-order valence-corrected chi connectivity index (χ1v) is 8.91. The number of nitrogens with one attached hydrogen (secondary N) is 1. The molecule has 0 saturated carbocycles. The zero-order valence-electron chi connectivity index (χ0n) is 15.1. The van der Waals surface area contributed by atoms with E-state index in [1.54, 1.807) is 36.4 Å². The Labute approximate surface area is 167 Å². The Morgan fingerprint density at radius 3 is 2.36 bits per heavy atom. The van der Waals surface area contributed by atoms with Crippen molar-refractivity contribution in [2.45, 2.75) is 0 Å². The number of carbonyl (C=O) groups is 2. The van der Waals surface area contributed by atoms with Gasteiger partial charge in [0.2, 0.25) is 0 Å². The fraction of sp³-hybridized carbons (Fsp3) is 0.0909. The number of amides is 1. The van der Waals surface area contributed by atoms with Crippen LogP contribution in [0.2, 0.25) is 5.02 Å². The summed E-state index contributed by atoms with van der Waals surface area (Å²) in [7, 11) is 1.28. The van der Waals surface area contributed by atoms with E-state index in [1.807, 2.05) is 36.4 Å². The molecule has 0 aliphatic heterocycles. The van der Waals surface area contributed by atoms with Crippen molar-refractivity contribution >= 4 is 29.2 Å². The second kappa shape index (κ2) is 9.06. The van der Waals surface area contributed by atoms with Gasteiger partial charge in [-0.1, -0.05) is 60.1 Å². The van der Waals surface area contributed by atoms with Crippen LogP contribution in [0.1, 0.15) is 10.4 Å². The summed E-state index contributed by atoms with van der Waals surface area (Å²) >= 11 is 6.29. The van der Waals surface area contributed by atoms with Gasteiger partial charge in [-0.2, -0.15) is 0 Å². The number of carbonyl (C=O) groups excluding carboxylic acids is 2. The Morgan fingerprint density at radius 2 is 1.64 bits per heavy atom. The van der Waals surface area contributed by atoms with E-state index in [9.17, 15) is 9.59 Å². The number of rotatable bonds is 6. The number of hydrogen-bond donors (Lipinski definition) is 1. The van der Waals surface area contributed by atoms with E-state index in [2.05, 4.69) is 5.32 Å². The van der Waals surface area contributed by atoms with Crippen LogP contribution in [0.15, 0.2) is 72.8 Å². The van der Waals surface area contributed by atoms with Gasteiger partial charge < -0.3 is 14.8 Å². The van der Waals surface area contributed by atoms with Gasteiger partial charge in [0.15, 0.2) is 6.61 Å². The molecule has 0 aliphatic rings. The quantitative estimate of drug-likeness (QED) is 0.608. The minimum Gasteiger partial charge on any atom is -0.482 e. The van der Waals surface area contributed by atoms with Gasteiger partial charge in [-0.25, -0.2) is 4.79 Å². The highest BCUT2D eigenvalue weighted by atomic mass is 35.5. The van der Waals surface area contributed by atoms with Crippen molar-refractivity contribution in [2.75, 3.05) is 19.0 Å². The summed E-state index contributed by atoms with van der Waals surface area (Å²) in [6.45, 7) is -0.250. The molecule has 28 heavy (non-hydrogen) atoms. The SMILES string of the molecule is COC(=O)c1ccccc1NC(=O)COc1ccc(-c2ccccc2)cc1Cl. The Balaban J connectivity index is 1.65. The van der Waals surface area contributed by atoms with Gasteiger partial charge in [-0.05, 0) is 35.4 Å². The van der Waals surface area contributed by atoms with Crippen LogP contribution in [0.4, 0.5) is 5.69 Å². The molecule has 3 rings (SSSR count). The van der Waals surface area contributed by atoms with Crippen molar-refractivity contribution in [3.8, 4) is 16.9 Å². The number of benzene rings is 3. The molecule has 6 heteroatoms. The number of para-hydroxylation sites is 1. The lowest BCUT2D eigenvalue weighted by Crippen LogP contribution is -2.21. The fourth-order valence-electron chi connectivity index (χ4n) is 2.64. The van der Waals surface area contributed by atoms with Gasteiger partial charge in [0.05, 0.1) is 23.4 Å². The maximum Gasteiger partial charge on any atom is 0.339 e. The minimum absolute atomic E-state index is 0.250. The first kappa shape index (κ1) is 19.5. The molecule has 0 heterocycles. The highest BCUT2D eigenvalue weighted by molar-refractivity contribution is 6.32. The maximum absolute atomic E-state index is 12.2. The van der Waals surface area contributed by atoms with Crippen LogP contribution in [0.5, 0.6) is 5.75 Å². The van der Waals surface area contributed by atoms with Gasteiger partial charge in [0, 0.05) is 0 Å². The number of hydrogen-bond acceptors (Lipinski definition) is 4. The molecule has 0 radical (unpaired) electrons. The summed E-state index contributed by atoms with van der Waals surface area (Å²) in [5, 5.41) is 3.05. The average Bonchev–Trinajstić information content (AvgIpc) is 2.73. The van der Waals surface area contributed by atoms with Crippen LogP contribution in [-0.2, 0) is 9.53 Å². The van der Waals surface area contributed by atoms with E-state index in [1.165, 1.54) is 7.11 Å². The molecule has 0 saturated heterocycles. The van der Waals surface area contributed by atoms with Gasteiger partial charge in [0.1, 0.15) is 5.75 Å². The predicted octanol–water partition coefficient (Wildman–Crippen LogP) is 4.81. The van der Waals surface area contributed by atoms with Crippen LogP contribution in [0.3, 0.4) is 0 Å². The molecular formula is C22H18ClNO4. The van der Waals surface area contributed by atoms with Gasteiger partial charge in [-0.15, -0.1) is 0 Å². The van der Waals surface area contributed by atoms with Crippen molar-refractivity contribution in [3.05, 3.63) is 83.4 Å². The molecule has 142 valence electrons. The zero-order valence-corrected chi connectivity index (χ0v) is 15.9. The normalized spacial score (nSPS) is 10.2. The summed E-state index contributed by atoms with van der Waals surface area (Å²) in [4.78, 5) is 24.0. The van der Waals surface area contributed by atoms with Crippen molar-refractivity contribution in [3.63, 3.8) is 0 Å². The highest BCUT2D eigenvalue weighted by Crippen LogP contribution is 2.30. The van der Waals surface area contributed by atoms with Crippen molar-refractivity contribution in [2.24, 2.45) is 0 Å². The van der Waals surface area contributed by atoms with E-state index >= 15 is 0 Å². The van der Waals surface area contributed by atoms with Crippen LogP contribution in [0.25, 0.3) is 11.1 Å². The Kier molecular flexibility index (Phi) is 6.29. The number of esters is 1. The van der Waals surface area contributed by atoms with E-state index in [0.29, 0.717) is 16.5 Å². The monoisotopic (exact) mass is 395 g/mol. The lowest BCUT2D eigenvalue weighted by Gasteiger charge is -2.12. The van der Waals surface area contributed by atoms with Crippen molar-refractivity contribution in [1.82, 2.24) is 0 Å². The minimum atomic E-state index is -0.531. The lowest BCUT2D eigenvalue weighted by molar-refractivity contribution is -0.118. The summed E-state index contributed by atoms with van der Waals surface area (Å²) < 4.78 is 10.2. The van der Waals surface area contributed by atoms with Gasteiger partial charge in [-0.3, -0.25) is 4.79 Å². The first-order chi connectivity index (χ1) is 13.6. The predicted molar refractivity (Wildman–Crippen MR) is 109 cm³/mol. The average molecular weight is 396 g/mol. The van der Waals surface area contributed by atoms with Crippen molar-refractivity contribution in [1.29, 1.82) is 0 Å². The molecule has 3 aromatic carbocycles. The standard InChI is InChI=1S/C22H18ClNO4/c1-27-22(26)17-9-5-6-10-19(17)24-21(25)14-28-20-12-11-16(13-18(20)23)15-7-3-2-4-8-15/h2-13H,14H2,1H3,(H,24,25). The smallest absolute Gasteiger partial charge is 0.339 e. The largest absolute Gasteiger partial charge is 0.482 e. The van der Waals surface area contributed by atoms with Crippen LogP contribution in [0, 0.1) is 0 Å². The zero-order chi connectivity index (χ0) is 19.9. The lowest BCUT2D eigenvalue weighted by atomic mass is 10.1. The second-order valence-corrected chi connectivity index (χ2v) is 6.29. The molecule has 0 unspecified atom stereocenters. The van der Waals surface area contributed by atoms with Crippen molar-refractivity contribution < 1.29 is 19.1 Å². The topological polar surface area (TPSA) is 64.6 Å². The molecule has 1 amide bonds. The summed E-state index contributed by atoms with van der Waals surface area (Å²) in [6, 6.07) is 21.8. The molecule has 0 aromatic heterocycles. The van der Waals surface area contributed by atoms with Gasteiger partial charge >= 0.3 is 5.97 Å². The fourth-order valence-corrected chi connectivity index (χ4v) is 2.87. The third-order valence-corrected chi connectivity index (χ3v) is 4.30. The molecule has 0 bridgehead atoms. The number of ether oxygens (including phenoxy) is 2. The Bertz CT molecular complexity index is 989. The number of methoxy groups -OCH3 is 1. The van der Waals surface area contributed by atoms with E-state index in [0.717, 1.165) is 11.1 Å². The number of halogens is 1.